The largest absolute Gasteiger partial charge is 0.454 e. The third kappa shape index (κ3) is 2.84. The minimum absolute atomic E-state index is 0.0206. The summed E-state index contributed by atoms with van der Waals surface area (Å²) in [5, 5.41) is 7.44. The summed E-state index contributed by atoms with van der Waals surface area (Å²) < 4.78 is 12.6. The monoisotopic (exact) mass is 406 g/mol. The van der Waals surface area contributed by atoms with Crippen LogP contribution in [-0.2, 0) is 17.6 Å². The SMILES string of the molecule is O=C(Nc1ccc2c(c1)OCO2)C1CCN(c2c3c(nc4ncnn24)CCC3)CC1. The predicted octanol–water partition coefficient (Wildman–Crippen LogP) is 2.20. The van der Waals surface area contributed by atoms with Crippen molar-refractivity contribution in [2.75, 3.05) is 30.1 Å². The number of hydrogen-bond acceptors (Lipinski definition) is 7. The predicted molar refractivity (Wildman–Crippen MR) is 109 cm³/mol. The highest BCUT2D eigenvalue weighted by molar-refractivity contribution is 5.93. The fraction of sp³-hybridized carbons (Fsp3) is 0.429. The number of hydrogen-bond donors (Lipinski definition) is 1. The van der Waals surface area contributed by atoms with Gasteiger partial charge in [-0.25, -0.2) is 4.98 Å². The number of rotatable bonds is 3. The van der Waals surface area contributed by atoms with E-state index in [1.165, 1.54) is 5.56 Å². The molecule has 0 atom stereocenters. The zero-order chi connectivity index (χ0) is 20.1. The third-order valence-corrected chi connectivity index (χ3v) is 6.23. The highest BCUT2D eigenvalue weighted by Gasteiger charge is 2.30. The molecule has 2 aromatic heterocycles. The number of aryl methyl sites for hydroxylation is 1. The Hall–Kier alpha value is -3.36. The number of nitrogens with zero attached hydrogens (tertiary/aromatic N) is 5. The fourth-order valence-electron chi connectivity index (χ4n) is 4.70. The first-order valence-electron chi connectivity index (χ1n) is 10.4. The molecule has 2 aliphatic heterocycles. The van der Waals surface area contributed by atoms with Crippen molar-refractivity contribution < 1.29 is 14.3 Å². The van der Waals surface area contributed by atoms with E-state index in [1.807, 2.05) is 22.7 Å². The van der Waals surface area contributed by atoms with Crippen LogP contribution in [0, 0.1) is 5.92 Å². The molecule has 0 unspecified atom stereocenters. The number of piperidine rings is 1. The van der Waals surface area contributed by atoms with Gasteiger partial charge in [0.15, 0.2) is 11.5 Å². The van der Waals surface area contributed by atoms with Crippen LogP contribution < -0.4 is 19.7 Å². The topological polar surface area (TPSA) is 93.9 Å². The molecular weight excluding hydrogens is 384 g/mol. The van der Waals surface area contributed by atoms with Crippen LogP contribution in [-0.4, -0.2) is 45.4 Å². The molecule has 1 N–H and O–H groups in total. The van der Waals surface area contributed by atoms with E-state index in [4.69, 9.17) is 9.47 Å². The van der Waals surface area contributed by atoms with Gasteiger partial charge in [0.1, 0.15) is 12.1 Å². The third-order valence-electron chi connectivity index (χ3n) is 6.23. The molecule has 154 valence electrons. The normalized spacial score (nSPS) is 18.1. The molecule has 3 aromatic rings. The standard InChI is InChI=1S/C21H22N6O3/c28-19(24-14-4-5-17-18(10-14)30-12-29-17)13-6-8-26(9-7-13)20-15-2-1-3-16(15)25-21-22-11-23-27(20)21/h4-5,10-11,13H,1-3,6-9,12H2,(H,24,28). The Bertz CT molecular complexity index is 1140. The number of nitrogens with one attached hydrogen (secondary N) is 1. The lowest BCUT2D eigenvalue weighted by Crippen LogP contribution is -2.39. The van der Waals surface area contributed by atoms with E-state index < -0.39 is 0 Å². The quantitative estimate of drug-likeness (QED) is 0.713. The highest BCUT2D eigenvalue weighted by Crippen LogP contribution is 2.35. The maximum atomic E-state index is 12.8. The second-order valence-electron chi connectivity index (χ2n) is 8.00. The summed E-state index contributed by atoms with van der Waals surface area (Å²) in [6.45, 7) is 1.85. The van der Waals surface area contributed by atoms with Gasteiger partial charge in [0, 0.05) is 36.3 Å². The van der Waals surface area contributed by atoms with Gasteiger partial charge in [0.2, 0.25) is 12.7 Å². The number of carbonyl (C=O) groups is 1. The van der Waals surface area contributed by atoms with Crippen molar-refractivity contribution in [1.29, 1.82) is 0 Å². The van der Waals surface area contributed by atoms with E-state index in [1.54, 1.807) is 6.33 Å². The van der Waals surface area contributed by atoms with Crippen LogP contribution in [0.2, 0.25) is 0 Å². The molecule has 1 amide bonds. The second-order valence-corrected chi connectivity index (χ2v) is 8.00. The van der Waals surface area contributed by atoms with Crippen molar-refractivity contribution in [2.45, 2.75) is 32.1 Å². The molecule has 0 radical (unpaired) electrons. The van der Waals surface area contributed by atoms with E-state index in [0.29, 0.717) is 17.3 Å². The summed E-state index contributed by atoms with van der Waals surface area (Å²) in [5.74, 6) is 3.19. The van der Waals surface area contributed by atoms with Gasteiger partial charge in [-0.2, -0.15) is 14.6 Å². The average molecular weight is 406 g/mol. The molecule has 0 saturated carbocycles. The summed E-state index contributed by atoms with van der Waals surface area (Å²) in [5.41, 5.74) is 3.17. The molecule has 30 heavy (non-hydrogen) atoms. The smallest absolute Gasteiger partial charge is 0.254 e. The van der Waals surface area contributed by atoms with E-state index in [9.17, 15) is 4.79 Å². The lowest BCUT2D eigenvalue weighted by atomic mass is 9.95. The van der Waals surface area contributed by atoms with Gasteiger partial charge in [-0.05, 0) is 44.2 Å². The molecule has 4 heterocycles. The first kappa shape index (κ1) is 17.5. The lowest BCUT2D eigenvalue weighted by Gasteiger charge is -2.34. The molecule has 0 spiro atoms. The summed E-state index contributed by atoms with van der Waals surface area (Å²) in [7, 11) is 0. The zero-order valence-corrected chi connectivity index (χ0v) is 16.5. The van der Waals surface area contributed by atoms with Crippen LogP contribution in [0.4, 0.5) is 11.5 Å². The molecule has 9 heteroatoms. The molecule has 0 bridgehead atoms. The second kappa shape index (κ2) is 6.86. The average Bonchev–Trinajstić information content (AvgIpc) is 3.52. The van der Waals surface area contributed by atoms with Crippen molar-refractivity contribution in [2.24, 2.45) is 5.92 Å². The molecule has 1 aromatic carbocycles. The molecule has 1 fully saturated rings. The Labute approximate surface area is 173 Å². The maximum absolute atomic E-state index is 12.8. The molecule has 3 aliphatic rings. The first-order valence-corrected chi connectivity index (χ1v) is 10.4. The number of aromatic nitrogens is 4. The molecular formula is C21H22N6O3. The van der Waals surface area contributed by atoms with Crippen LogP contribution >= 0.6 is 0 Å². The molecule has 9 nitrogen and oxygen atoms in total. The number of fused-ring (bicyclic) bond motifs is 3. The highest BCUT2D eigenvalue weighted by atomic mass is 16.7. The Kier molecular flexibility index (Phi) is 4.00. The van der Waals surface area contributed by atoms with Gasteiger partial charge in [0.25, 0.3) is 5.78 Å². The minimum Gasteiger partial charge on any atom is -0.454 e. The van der Waals surface area contributed by atoms with Gasteiger partial charge in [0.05, 0.1) is 5.69 Å². The number of ether oxygens (including phenoxy) is 2. The number of amides is 1. The van der Waals surface area contributed by atoms with E-state index in [2.05, 4.69) is 25.3 Å². The Balaban J connectivity index is 1.17. The minimum atomic E-state index is -0.0206. The number of carbonyl (C=O) groups excluding carboxylic acids is 1. The number of benzene rings is 1. The Morgan fingerprint density at radius 2 is 2.00 bits per heavy atom. The Morgan fingerprint density at radius 3 is 2.90 bits per heavy atom. The summed E-state index contributed by atoms with van der Waals surface area (Å²) >= 11 is 0. The van der Waals surface area contributed by atoms with Crippen molar-refractivity contribution in [3.8, 4) is 11.5 Å². The van der Waals surface area contributed by atoms with E-state index >= 15 is 0 Å². The van der Waals surface area contributed by atoms with Crippen molar-refractivity contribution >= 4 is 23.2 Å². The van der Waals surface area contributed by atoms with Crippen molar-refractivity contribution in [3.63, 3.8) is 0 Å². The van der Waals surface area contributed by atoms with Gasteiger partial charge in [-0.1, -0.05) is 0 Å². The van der Waals surface area contributed by atoms with Crippen LogP contribution in [0.25, 0.3) is 5.78 Å². The van der Waals surface area contributed by atoms with Crippen molar-refractivity contribution in [1.82, 2.24) is 19.6 Å². The lowest BCUT2D eigenvalue weighted by molar-refractivity contribution is -0.120. The zero-order valence-electron chi connectivity index (χ0n) is 16.5. The Morgan fingerprint density at radius 1 is 1.13 bits per heavy atom. The summed E-state index contributed by atoms with van der Waals surface area (Å²) in [6.07, 6.45) is 6.30. The van der Waals surface area contributed by atoms with Crippen LogP contribution in [0.3, 0.4) is 0 Å². The van der Waals surface area contributed by atoms with Crippen LogP contribution in [0.5, 0.6) is 11.5 Å². The molecule has 1 saturated heterocycles. The van der Waals surface area contributed by atoms with Crippen LogP contribution in [0.15, 0.2) is 24.5 Å². The van der Waals surface area contributed by atoms with Gasteiger partial charge >= 0.3 is 0 Å². The van der Waals surface area contributed by atoms with Crippen molar-refractivity contribution in [3.05, 3.63) is 35.8 Å². The van der Waals surface area contributed by atoms with Gasteiger partial charge < -0.3 is 19.7 Å². The molecule has 1 aliphatic carbocycles. The molecule has 6 rings (SSSR count). The van der Waals surface area contributed by atoms with Gasteiger partial charge in [-0.3, -0.25) is 4.79 Å². The maximum Gasteiger partial charge on any atom is 0.254 e. The van der Waals surface area contributed by atoms with E-state index in [-0.39, 0.29) is 18.6 Å². The summed E-state index contributed by atoms with van der Waals surface area (Å²) in [4.78, 5) is 24.1. The fourth-order valence-corrected chi connectivity index (χ4v) is 4.70. The van der Waals surface area contributed by atoms with Gasteiger partial charge in [-0.15, -0.1) is 0 Å². The number of anilines is 2. The summed E-state index contributed by atoms with van der Waals surface area (Å²) in [6, 6.07) is 5.49. The van der Waals surface area contributed by atoms with E-state index in [0.717, 1.165) is 62.4 Å². The van der Waals surface area contributed by atoms with Crippen LogP contribution in [0.1, 0.15) is 30.5 Å². The first-order chi connectivity index (χ1) is 14.8.